The van der Waals surface area contributed by atoms with Gasteiger partial charge in [-0.2, -0.15) is 0 Å². The second kappa shape index (κ2) is 5.77. The molecule has 0 radical (unpaired) electrons. The van der Waals surface area contributed by atoms with Gasteiger partial charge in [-0.3, -0.25) is 0 Å². The molecule has 20 heavy (non-hydrogen) atoms. The first-order chi connectivity index (χ1) is 9.75. The number of nitrogens with two attached hydrogens (primary N) is 1. The highest BCUT2D eigenvalue weighted by Gasteiger charge is 2.15. The third-order valence-electron chi connectivity index (χ3n) is 3.77. The molecule has 0 spiro atoms. The third kappa shape index (κ3) is 2.62. The van der Waals surface area contributed by atoms with Gasteiger partial charge in [-0.15, -0.1) is 0 Å². The molecule has 2 aromatic carbocycles. The van der Waals surface area contributed by atoms with E-state index in [4.69, 9.17) is 22.7 Å². The summed E-state index contributed by atoms with van der Waals surface area (Å²) in [5.74, 6) is 0. The van der Waals surface area contributed by atoms with Crippen LogP contribution in [0.2, 0.25) is 0 Å². The van der Waals surface area contributed by atoms with E-state index >= 15 is 0 Å². The molecule has 1 fully saturated rings. The largest absolute Gasteiger partial charge is 0.389 e. The summed E-state index contributed by atoms with van der Waals surface area (Å²) in [5, 5.41) is 5.90. The first kappa shape index (κ1) is 13.3. The number of hydrogen-bond donors (Lipinski definition) is 2. The highest BCUT2D eigenvalue weighted by atomic mass is 32.1. The van der Waals surface area contributed by atoms with Crippen LogP contribution in [0.4, 0.5) is 5.69 Å². The van der Waals surface area contributed by atoms with Gasteiger partial charge in [0.1, 0.15) is 4.99 Å². The third-order valence-corrected chi connectivity index (χ3v) is 3.99. The van der Waals surface area contributed by atoms with Crippen LogP contribution < -0.4 is 11.1 Å². The number of anilines is 1. The van der Waals surface area contributed by atoms with Gasteiger partial charge in [0.05, 0.1) is 0 Å². The molecule has 1 aliphatic heterocycles. The normalized spacial score (nSPS) is 16.2. The van der Waals surface area contributed by atoms with Crippen LogP contribution in [0.5, 0.6) is 0 Å². The molecule has 1 aliphatic rings. The predicted molar refractivity (Wildman–Crippen MR) is 87.3 cm³/mol. The van der Waals surface area contributed by atoms with E-state index in [9.17, 15) is 0 Å². The van der Waals surface area contributed by atoms with E-state index in [1.54, 1.807) is 0 Å². The zero-order valence-electron chi connectivity index (χ0n) is 11.3. The van der Waals surface area contributed by atoms with Crippen LogP contribution in [-0.4, -0.2) is 24.2 Å². The predicted octanol–water partition coefficient (Wildman–Crippen LogP) is 3.06. The lowest BCUT2D eigenvalue weighted by Crippen LogP contribution is -2.28. The molecule has 1 saturated heterocycles. The van der Waals surface area contributed by atoms with Crippen molar-refractivity contribution in [1.82, 2.24) is 0 Å². The van der Waals surface area contributed by atoms with Gasteiger partial charge < -0.3 is 15.8 Å². The summed E-state index contributed by atoms with van der Waals surface area (Å²) in [4.78, 5) is 0.443. The van der Waals surface area contributed by atoms with Gasteiger partial charge in [0.2, 0.25) is 0 Å². The van der Waals surface area contributed by atoms with Crippen molar-refractivity contribution >= 4 is 33.7 Å². The smallest absolute Gasteiger partial charge is 0.104 e. The number of rotatable bonds is 3. The summed E-state index contributed by atoms with van der Waals surface area (Å²) in [6.45, 7) is 1.67. The van der Waals surface area contributed by atoms with Gasteiger partial charge >= 0.3 is 0 Å². The highest BCUT2D eigenvalue weighted by Crippen LogP contribution is 2.28. The standard InChI is InChI=1S/C16H18N2OS/c17-16(20)14-5-6-15(13-4-2-1-3-12(13)14)18-11-7-9-19-10-8-11/h1-6,11,18H,7-10H2,(H2,17,20). The molecule has 1 heterocycles. The minimum atomic E-state index is 0.443. The molecule has 3 rings (SSSR count). The fraction of sp³-hybridized carbons (Fsp3) is 0.312. The van der Waals surface area contributed by atoms with E-state index in [1.165, 1.54) is 5.39 Å². The number of hydrogen-bond acceptors (Lipinski definition) is 3. The van der Waals surface area contributed by atoms with Gasteiger partial charge in [-0.1, -0.05) is 36.5 Å². The Morgan fingerprint density at radius 3 is 2.50 bits per heavy atom. The minimum Gasteiger partial charge on any atom is -0.389 e. The highest BCUT2D eigenvalue weighted by molar-refractivity contribution is 7.80. The second-order valence-corrected chi connectivity index (χ2v) is 5.54. The monoisotopic (exact) mass is 286 g/mol. The number of thiocarbonyl (C=S) groups is 1. The Morgan fingerprint density at radius 2 is 1.80 bits per heavy atom. The molecule has 0 aromatic heterocycles. The molecular formula is C16H18N2OS. The lowest BCUT2D eigenvalue weighted by molar-refractivity contribution is 0.0905. The number of fused-ring (bicyclic) bond motifs is 1. The first-order valence-corrected chi connectivity index (χ1v) is 7.32. The van der Waals surface area contributed by atoms with Crippen LogP contribution in [0.1, 0.15) is 18.4 Å². The average Bonchev–Trinajstić information content (AvgIpc) is 2.48. The average molecular weight is 286 g/mol. The summed E-state index contributed by atoms with van der Waals surface area (Å²) >= 11 is 5.13. The van der Waals surface area contributed by atoms with Gasteiger partial charge in [-0.25, -0.2) is 0 Å². The van der Waals surface area contributed by atoms with Gasteiger partial charge in [0.15, 0.2) is 0 Å². The molecule has 0 atom stereocenters. The lowest BCUT2D eigenvalue weighted by Gasteiger charge is -2.25. The van der Waals surface area contributed by atoms with E-state index in [0.29, 0.717) is 11.0 Å². The van der Waals surface area contributed by atoms with Crippen molar-refractivity contribution in [1.29, 1.82) is 0 Å². The summed E-state index contributed by atoms with van der Waals surface area (Å²) in [6, 6.07) is 12.8. The molecule has 104 valence electrons. The molecule has 0 saturated carbocycles. The molecule has 0 amide bonds. The topological polar surface area (TPSA) is 47.3 Å². The molecule has 0 bridgehead atoms. The summed E-state index contributed by atoms with van der Waals surface area (Å²) in [5.41, 5.74) is 7.89. The van der Waals surface area contributed by atoms with Crippen LogP contribution >= 0.6 is 12.2 Å². The van der Waals surface area contributed by atoms with E-state index in [-0.39, 0.29) is 0 Å². The Bertz CT molecular complexity index is 635. The molecule has 3 nitrogen and oxygen atoms in total. The molecule has 0 unspecified atom stereocenters. The Labute approximate surface area is 124 Å². The maximum Gasteiger partial charge on any atom is 0.104 e. The van der Waals surface area contributed by atoms with Crippen LogP contribution in [0.25, 0.3) is 10.8 Å². The van der Waals surface area contributed by atoms with Crippen molar-refractivity contribution in [2.75, 3.05) is 18.5 Å². The minimum absolute atomic E-state index is 0.443. The quantitative estimate of drug-likeness (QED) is 0.851. The number of benzene rings is 2. The summed E-state index contributed by atoms with van der Waals surface area (Å²) in [6.07, 6.45) is 2.09. The lowest BCUT2D eigenvalue weighted by atomic mass is 10.0. The fourth-order valence-electron chi connectivity index (χ4n) is 2.70. The Morgan fingerprint density at radius 1 is 1.10 bits per heavy atom. The molecule has 2 aromatic rings. The molecular weight excluding hydrogens is 268 g/mol. The maximum absolute atomic E-state index is 5.81. The van der Waals surface area contributed by atoms with Crippen LogP contribution in [0.15, 0.2) is 36.4 Å². The van der Waals surface area contributed by atoms with E-state index < -0.39 is 0 Å². The van der Waals surface area contributed by atoms with E-state index in [1.807, 2.05) is 18.2 Å². The zero-order valence-corrected chi connectivity index (χ0v) is 12.1. The summed E-state index contributed by atoms with van der Waals surface area (Å²) < 4.78 is 5.40. The zero-order chi connectivity index (χ0) is 13.9. The summed E-state index contributed by atoms with van der Waals surface area (Å²) in [7, 11) is 0. The maximum atomic E-state index is 5.81. The van der Waals surface area contributed by atoms with Crippen molar-refractivity contribution in [2.45, 2.75) is 18.9 Å². The van der Waals surface area contributed by atoms with Crippen LogP contribution in [0.3, 0.4) is 0 Å². The second-order valence-electron chi connectivity index (χ2n) is 5.10. The van der Waals surface area contributed by atoms with Crippen molar-refractivity contribution in [2.24, 2.45) is 5.73 Å². The van der Waals surface area contributed by atoms with E-state index in [0.717, 1.165) is 42.7 Å². The number of nitrogens with one attached hydrogen (secondary N) is 1. The molecule has 3 N–H and O–H groups in total. The van der Waals surface area contributed by atoms with Crippen molar-refractivity contribution in [3.8, 4) is 0 Å². The van der Waals surface area contributed by atoms with E-state index in [2.05, 4.69) is 23.5 Å². The van der Waals surface area contributed by atoms with Crippen LogP contribution in [0, 0.1) is 0 Å². The Hall–Kier alpha value is -1.65. The van der Waals surface area contributed by atoms with Gasteiger partial charge in [0, 0.05) is 35.9 Å². The fourth-order valence-corrected chi connectivity index (χ4v) is 2.88. The Balaban J connectivity index is 1.99. The van der Waals surface area contributed by atoms with Crippen molar-refractivity contribution < 1.29 is 4.74 Å². The Kier molecular flexibility index (Phi) is 3.85. The van der Waals surface area contributed by atoms with Crippen LogP contribution in [-0.2, 0) is 4.74 Å². The first-order valence-electron chi connectivity index (χ1n) is 6.91. The van der Waals surface area contributed by atoms with Crippen molar-refractivity contribution in [3.63, 3.8) is 0 Å². The van der Waals surface area contributed by atoms with Crippen molar-refractivity contribution in [3.05, 3.63) is 42.0 Å². The molecule has 0 aliphatic carbocycles. The SMILES string of the molecule is NC(=S)c1ccc(NC2CCOCC2)c2ccccc12. The molecule has 4 heteroatoms. The van der Waals surface area contributed by atoms with Gasteiger partial charge in [0.25, 0.3) is 0 Å². The number of ether oxygens (including phenoxy) is 1. The van der Waals surface area contributed by atoms with Gasteiger partial charge in [-0.05, 0) is 30.4 Å².